The van der Waals surface area contributed by atoms with E-state index in [4.69, 9.17) is 0 Å². The number of benzene rings is 2. The molecule has 0 saturated carbocycles. The summed E-state index contributed by atoms with van der Waals surface area (Å²) < 4.78 is 1.97. The van der Waals surface area contributed by atoms with Gasteiger partial charge in [-0.2, -0.15) is 0 Å². The number of aromatic nitrogens is 5. The highest BCUT2D eigenvalue weighted by atomic mass is 16.1. The van der Waals surface area contributed by atoms with Crippen LogP contribution in [-0.2, 0) is 18.6 Å². The molecule has 7 heteroatoms. The summed E-state index contributed by atoms with van der Waals surface area (Å²) in [4.78, 5) is 18.6. The summed E-state index contributed by atoms with van der Waals surface area (Å²) in [5, 5.41) is 14.0. The van der Waals surface area contributed by atoms with Crippen molar-refractivity contribution in [3.63, 3.8) is 0 Å². The maximum atomic E-state index is 13.1. The lowest BCUT2D eigenvalue weighted by atomic mass is 10.00. The monoisotopic (exact) mass is 472 g/mol. The van der Waals surface area contributed by atoms with E-state index in [9.17, 15) is 4.79 Å². The van der Waals surface area contributed by atoms with Crippen molar-refractivity contribution >= 4 is 10.9 Å². The van der Waals surface area contributed by atoms with E-state index in [-0.39, 0.29) is 17.1 Å². The van der Waals surface area contributed by atoms with Crippen molar-refractivity contribution in [1.29, 1.82) is 0 Å². The van der Waals surface area contributed by atoms with Crippen molar-refractivity contribution in [2.45, 2.75) is 78.6 Å². The van der Waals surface area contributed by atoms with Crippen LogP contribution in [0.1, 0.15) is 75.5 Å². The summed E-state index contributed by atoms with van der Waals surface area (Å²) in [5.41, 5.74) is 3.67. The third-order valence-corrected chi connectivity index (χ3v) is 6.91. The molecule has 0 saturated heterocycles. The molecule has 0 aliphatic rings. The number of pyridine rings is 1. The number of fused-ring (bicyclic) bond motifs is 1. The topological polar surface area (TPSA) is 79.7 Å². The van der Waals surface area contributed by atoms with Crippen molar-refractivity contribution in [3.05, 3.63) is 87.5 Å². The van der Waals surface area contributed by atoms with E-state index in [1.54, 1.807) is 0 Å². The zero-order valence-corrected chi connectivity index (χ0v) is 21.5. The summed E-state index contributed by atoms with van der Waals surface area (Å²) in [6.45, 7) is 11.9. The Morgan fingerprint density at radius 1 is 1.06 bits per heavy atom. The average molecular weight is 473 g/mol. The molecule has 2 aromatic heterocycles. The van der Waals surface area contributed by atoms with Crippen LogP contribution in [0.15, 0.2) is 59.4 Å². The van der Waals surface area contributed by atoms with Gasteiger partial charge in [-0.1, -0.05) is 62.7 Å². The molecule has 4 aromatic rings. The van der Waals surface area contributed by atoms with Gasteiger partial charge in [0, 0.05) is 24.2 Å². The number of tetrazole rings is 1. The van der Waals surface area contributed by atoms with E-state index in [1.165, 1.54) is 5.56 Å². The van der Waals surface area contributed by atoms with Gasteiger partial charge in [-0.15, -0.1) is 5.10 Å². The first kappa shape index (κ1) is 24.8. The maximum absolute atomic E-state index is 13.1. The second-order valence-corrected chi connectivity index (χ2v) is 10.0. The van der Waals surface area contributed by atoms with Gasteiger partial charge in [0.1, 0.15) is 0 Å². The van der Waals surface area contributed by atoms with Gasteiger partial charge in [-0.25, -0.2) is 4.68 Å². The lowest BCUT2D eigenvalue weighted by Gasteiger charge is -2.33. The predicted octanol–water partition coefficient (Wildman–Crippen LogP) is 5.51. The molecule has 4 rings (SSSR count). The van der Waals surface area contributed by atoms with E-state index in [1.807, 2.05) is 29.8 Å². The van der Waals surface area contributed by atoms with Crippen LogP contribution in [0.2, 0.25) is 0 Å². The summed E-state index contributed by atoms with van der Waals surface area (Å²) in [7, 11) is 0. The molecule has 35 heavy (non-hydrogen) atoms. The standard InChI is InChI=1S/C28H36N6O/c1-6-11-25(26-30-31-32-34(26)28(4,5)7-2)33(18-21-12-9-8-10-13-21)19-23-17-22-15-14-20(3)16-24(22)29-27(23)35/h8-10,12-17,25H,6-7,11,18-19H2,1-5H3,(H,29,35). The molecular formula is C28H36N6O. The zero-order chi connectivity index (χ0) is 25.0. The number of rotatable bonds is 10. The van der Waals surface area contributed by atoms with Crippen molar-refractivity contribution in [1.82, 2.24) is 30.1 Å². The molecule has 7 nitrogen and oxygen atoms in total. The van der Waals surface area contributed by atoms with Gasteiger partial charge in [0.2, 0.25) is 0 Å². The molecule has 0 bridgehead atoms. The highest BCUT2D eigenvalue weighted by Crippen LogP contribution is 2.31. The quantitative estimate of drug-likeness (QED) is 0.329. The third-order valence-electron chi connectivity index (χ3n) is 6.91. The molecule has 2 heterocycles. The molecule has 0 radical (unpaired) electrons. The lowest BCUT2D eigenvalue weighted by Crippen LogP contribution is -2.36. The Balaban J connectivity index is 1.78. The van der Waals surface area contributed by atoms with Gasteiger partial charge in [0.15, 0.2) is 5.82 Å². The molecule has 0 fully saturated rings. The van der Waals surface area contributed by atoms with Crippen LogP contribution in [0.3, 0.4) is 0 Å². The number of aryl methyl sites for hydroxylation is 1. The fourth-order valence-corrected chi connectivity index (χ4v) is 4.52. The van der Waals surface area contributed by atoms with Crippen LogP contribution in [0, 0.1) is 6.92 Å². The Morgan fingerprint density at radius 2 is 1.83 bits per heavy atom. The summed E-state index contributed by atoms with van der Waals surface area (Å²) in [5.74, 6) is 0.850. The number of H-pyrrole nitrogens is 1. The minimum Gasteiger partial charge on any atom is -0.322 e. The molecular weight excluding hydrogens is 436 g/mol. The first-order valence-corrected chi connectivity index (χ1v) is 12.5. The Bertz CT molecular complexity index is 1320. The van der Waals surface area contributed by atoms with Gasteiger partial charge in [-0.3, -0.25) is 9.69 Å². The lowest BCUT2D eigenvalue weighted by molar-refractivity contribution is 0.145. The van der Waals surface area contributed by atoms with E-state index in [0.717, 1.165) is 47.1 Å². The maximum Gasteiger partial charge on any atom is 0.252 e. The van der Waals surface area contributed by atoms with Crippen LogP contribution in [-0.4, -0.2) is 30.1 Å². The Morgan fingerprint density at radius 3 is 2.54 bits per heavy atom. The first-order valence-electron chi connectivity index (χ1n) is 12.5. The minimum absolute atomic E-state index is 0.0332. The third kappa shape index (κ3) is 5.51. The summed E-state index contributed by atoms with van der Waals surface area (Å²) in [6.07, 6.45) is 2.77. The van der Waals surface area contributed by atoms with Crippen LogP contribution < -0.4 is 5.56 Å². The minimum atomic E-state index is -0.207. The van der Waals surface area contributed by atoms with Gasteiger partial charge in [-0.05, 0) is 72.7 Å². The SMILES string of the molecule is CCCC(c1nnnn1C(C)(C)CC)N(Cc1ccccc1)Cc1cc2ccc(C)cc2[nH]c1=O. The Labute approximate surface area is 207 Å². The second-order valence-electron chi connectivity index (χ2n) is 10.0. The number of nitrogens with one attached hydrogen (secondary N) is 1. The van der Waals surface area contributed by atoms with Crippen molar-refractivity contribution in [3.8, 4) is 0 Å². The molecule has 1 unspecified atom stereocenters. The van der Waals surface area contributed by atoms with Crippen LogP contribution in [0.5, 0.6) is 0 Å². The van der Waals surface area contributed by atoms with Crippen molar-refractivity contribution in [2.24, 2.45) is 0 Å². The van der Waals surface area contributed by atoms with Crippen molar-refractivity contribution < 1.29 is 0 Å². The van der Waals surface area contributed by atoms with Crippen LogP contribution in [0.4, 0.5) is 0 Å². The zero-order valence-electron chi connectivity index (χ0n) is 21.5. The van der Waals surface area contributed by atoms with E-state index in [2.05, 4.69) is 89.5 Å². The predicted molar refractivity (Wildman–Crippen MR) is 140 cm³/mol. The fraction of sp³-hybridized carbons (Fsp3) is 0.429. The largest absolute Gasteiger partial charge is 0.322 e. The molecule has 184 valence electrons. The van der Waals surface area contributed by atoms with E-state index < -0.39 is 0 Å². The Kier molecular flexibility index (Phi) is 7.45. The molecule has 0 aliphatic heterocycles. The smallest absolute Gasteiger partial charge is 0.252 e. The molecule has 1 N–H and O–H groups in total. The fourth-order valence-electron chi connectivity index (χ4n) is 4.52. The number of aromatic amines is 1. The van der Waals surface area contributed by atoms with Crippen molar-refractivity contribution in [2.75, 3.05) is 0 Å². The van der Waals surface area contributed by atoms with Gasteiger partial charge >= 0.3 is 0 Å². The van der Waals surface area contributed by atoms with Gasteiger partial charge in [0.05, 0.1) is 11.6 Å². The van der Waals surface area contributed by atoms with Crippen LogP contribution >= 0.6 is 0 Å². The normalized spacial score (nSPS) is 13.0. The number of hydrogen-bond donors (Lipinski definition) is 1. The molecule has 1 atom stereocenters. The summed E-state index contributed by atoms with van der Waals surface area (Å²) >= 11 is 0. The molecule has 2 aromatic carbocycles. The van der Waals surface area contributed by atoms with E-state index in [0.29, 0.717) is 13.1 Å². The van der Waals surface area contributed by atoms with E-state index >= 15 is 0 Å². The molecule has 0 aliphatic carbocycles. The second kappa shape index (κ2) is 10.5. The highest BCUT2D eigenvalue weighted by Gasteiger charge is 2.31. The average Bonchev–Trinajstić information content (AvgIpc) is 3.34. The number of hydrogen-bond acceptors (Lipinski definition) is 5. The summed E-state index contributed by atoms with van der Waals surface area (Å²) in [6, 6.07) is 18.5. The van der Waals surface area contributed by atoms with Gasteiger partial charge in [0.25, 0.3) is 5.56 Å². The highest BCUT2D eigenvalue weighted by molar-refractivity contribution is 5.79. The first-order chi connectivity index (χ1) is 16.8. The van der Waals surface area contributed by atoms with Gasteiger partial charge < -0.3 is 4.98 Å². The molecule has 0 spiro atoms. The Hall–Kier alpha value is -3.32. The number of nitrogens with zero attached hydrogens (tertiary/aromatic N) is 5. The van der Waals surface area contributed by atoms with Crippen LogP contribution in [0.25, 0.3) is 10.9 Å². The molecule has 0 amide bonds.